The number of aliphatic hydroxyl groups excluding tert-OH is 2. The Morgan fingerprint density at radius 3 is 2.76 bits per heavy atom. The van der Waals surface area contributed by atoms with Gasteiger partial charge in [0.1, 0.15) is 11.6 Å². The van der Waals surface area contributed by atoms with E-state index >= 15 is 0 Å². The Kier molecular flexibility index (Phi) is 6.71. The van der Waals surface area contributed by atoms with Crippen LogP contribution in [0.3, 0.4) is 0 Å². The van der Waals surface area contributed by atoms with Crippen molar-refractivity contribution in [3.05, 3.63) is 29.6 Å². The number of methoxy groups -OCH3 is 1. The van der Waals surface area contributed by atoms with Crippen molar-refractivity contribution in [1.82, 2.24) is 10.2 Å². The summed E-state index contributed by atoms with van der Waals surface area (Å²) in [4.78, 5) is 14.1. The van der Waals surface area contributed by atoms with Gasteiger partial charge in [0.2, 0.25) is 0 Å². The number of rotatable bonds is 8. The van der Waals surface area contributed by atoms with Crippen molar-refractivity contribution in [2.75, 3.05) is 33.4 Å². The quantitative estimate of drug-likeness (QED) is 0.507. The molecule has 0 aliphatic carbocycles. The first-order valence-corrected chi connectivity index (χ1v) is 8.23. The average Bonchev–Trinajstić information content (AvgIpc) is 2.62. The van der Waals surface area contributed by atoms with Gasteiger partial charge in [0.15, 0.2) is 5.60 Å². The third kappa shape index (κ3) is 4.66. The Labute approximate surface area is 146 Å². The molecule has 0 aromatic heterocycles. The van der Waals surface area contributed by atoms with Crippen LogP contribution in [-0.2, 0) is 11.3 Å². The normalized spacial score (nSPS) is 21.0. The lowest BCUT2D eigenvalue weighted by Crippen LogP contribution is -2.59. The fourth-order valence-corrected chi connectivity index (χ4v) is 2.88. The van der Waals surface area contributed by atoms with Gasteiger partial charge in [0.25, 0.3) is 5.91 Å². The second-order valence-corrected chi connectivity index (χ2v) is 6.26. The van der Waals surface area contributed by atoms with Gasteiger partial charge in [-0.3, -0.25) is 4.79 Å². The SMILES string of the molecule is COc1ccc(F)c(CN2CCC[C@](O)(CNC(CO)CO)C2=O)c1. The van der Waals surface area contributed by atoms with Gasteiger partial charge in [0, 0.05) is 25.2 Å². The van der Waals surface area contributed by atoms with Gasteiger partial charge >= 0.3 is 0 Å². The summed E-state index contributed by atoms with van der Waals surface area (Å²) in [5.41, 5.74) is -1.33. The number of piperidine rings is 1. The molecule has 140 valence electrons. The van der Waals surface area contributed by atoms with Crippen molar-refractivity contribution in [3.8, 4) is 5.75 Å². The summed E-state index contributed by atoms with van der Waals surface area (Å²) >= 11 is 0. The number of carbonyl (C=O) groups is 1. The number of hydrogen-bond donors (Lipinski definition) is 4. The molecule has 7 nitrogen and oxygen atoms in total. The van der Waals surface area contributed by atoms with Crippen LogP contribution in [0.2, 0.25) is 0 Å². The number of likely N-dealkylation sites (tertiary alicyclic amines) is 1. The Balaban J connectivity index is 2.08. The minimum atomic E-state index is -1.64. The molecule has 1 amide bonds. The van der Waals surface area contributed by atoms with E-state index in [1.165, 1.54) is 30.2 Å². The summed E-state index contributed by atoms with van der Waals surface area (Å²) in [6.45, 7) is -0.247. The second kappa shape index (κ2) is 8.57. The largest absolute Gasteiger partial charge is 0.497 e. The lowest BCUT2D eigenvalue weighted by atomic mass is 9.91. The third-order valence-corrected chi connectivity index (χ3v) is 4.44. The highest BCUT2D eigenvalue weighted by Gasteiger charge is 2.42. The first-order chi connectivity index (χ1) is 11.9. The van der Waals surface area contributed by atoms with Gasteiger partial charge in [-0.1, -0.05) is 0 Å². The second-order valence-electron chi connectivity index (χ2n) is 6.26. The lowest BCUT2D eigenvalue weighted by Gasteiger charge is -2.39. The number of carbonyl (C=O) groups excluding carboxylic acids is 1. The number of benzene rings is 1. The highest BCUT2D eigenvalue weighted by Crippen LogP contribution is 2.25. The molecule has 0 saturated carbocycles. The van der Waals surface area contributed by atoms with Crippen LogP contribution in [0.15, 0.2) is 18.2 Å². The fourth-order valence-electron chi connectivity index (χ4n) is 2.88. The molecule has 0 radical (unpaired) electrons. The van der Waals surface area contributed by atoms with Crippen LogP contribution < -0.4 is 10.1 Å². The molecule has 1 fully saturated rings. The van der Waals surface area contributed by atoms with Crippen molar-refractivity contribution in [3.63, 3.8) is 0 Å². The number of nitrogens with one attached hydrogen (secondary N) is 1. The molecule has 1 heterocycles. The summed E-state index contributed by atoms with van der Waals surface area (Å²) in [5, 5.41) is 31.6. The number of amides is 1. The third-order valence-electron chi connectivity index (χ3n) is 4.44. The zero-order valence-corrected chi connectivity index (χ0v) is 14.2. The molecular weight excluding hydrogens is 331 g/mol. The van der Waals surface area contributed by atoms with E-state index in [-0.39, 0.29) is 32.7 Å². The predicted octanol–water partition coefficient (Wildman–Crippen LogP) is -0.369. The van der Waals surface area contributed by atoms with Crippen LogP contribution in [0.1, 0.15) is 18.4 Å². The van der Waals surface area contributed by atoms with Gasteiger partial charge in [-0.05, 0) is 31.0 Å². The zero-order chi connectivity index (χ0) is 18.4. The van der Waals surface area contributed by atoms with E-state index in [2.05, 4.69) is 5.32 Å². The van der Waals surface area contributed by atoms with E-state index in [1.807, 2.05) is 0 Å². The molecule has 1 aliphatic heterocycles. The molecule has 1 aromatic carbocycles. The van der Waals surface area contributed by atoms with Crippen molar-refractivity contribution in [1.29, 1.82) is 0 Å². The topological polar surface area (TPSA) is 102 Å². The summed E-state index contributed by atoms with van der Waals surface area (Å²) in [5.74, 6) is -0.448. The highest BCUT2D eigenvalue weighted by molar-refractivity contribution is 5.86. The zero-order valence-electron chi connectivity index (χ0n) is 14.2. The standard InChI is InChI=1S/C17H25FN2O5/c1-25-14-3-4-15(18)12(7-14)8-20-6-2-5-17(24,16(20)23)11-19-13(9-21)10-22/h3-4,7,13,19,21-22,24H,2,5-6,8-11H2,1H3/t17-/m0/s1. The lowest BCUT2D eigenvalue weighted by molar-refractivity contribution is -0.157. The van der Waals surface area contributed by atoms with Gasteiger partial charge in [0.05, 0.1) is 26.4 Å². The summed E-state index contributed by atoms with van der Waals surface area (Å²) < 4.78 is 19.1. The molecule has 1 saturated heterocycles. The van der Waals surface area contributed by atoms with Gasteiger partial charge in [-0.15, -0.1) is 0 Å². The van der Waals surface area contributed by atoms with Crippen LogP contribution in [0.5, 0.6) is 5.75 Å². The van der Waals surface area contributed by atoms with Crippen molar-refractivity contribution in [2.24, 2.45) is 0 Å². The first kappa shape index (κ1) is 19.6. The Morgan fingerprint density at radius 2 is 2.12 bits per heavy atom. The highest BCUT2D eigenvalue weighted by atomic mass is 19.1. The molecule has 0 bridgehead atoms. The Bertz CT molecular complexity index is 596. The van der Waals surface area contributed by atoms with Crippen LogP contribution in [0, 0.1) is 5.82 Å². The minimum Gasteiger partial charge on any atom is -0.497 e. The van der Waals surface area contributed by atoms with E-state index in [9.17, 15) is 14.3 Å². The van der Waals surface area contributed by atoms with E-state index in [1.54, 1.807) is 0 Å². The summed E-state index contributed by atoms with van der Waals surface area (Å²) in [6, 6.07) is 3.70. The van der Waals surface area contributed by atoms with Gasteiger partial charge in [-0.25, -0.2) is 4.39 Å². The molecular formula is C17H25FN2O5. The van der Waals surface area contributed by atoms with Crippen molar-refractivity contribution < 1.29 is 29.2 Å². The molecule has 25 heavy (non-hydrogen) atoms. The fraction of sp³-hybridized carbons (Fsp3) is 0.588. The van der Waals surface area contributed by atoms with Crippen LogP contribution >= 0.6 is 0 Å². The predicted molar refractivity (Wildman–Crippen MR) is 88.5 cm³/mol. The van der Waals surface area contributed by atoms with E-state index < -0.39 is 23.4 Å². The number of halogens is 1. The van der Waals surface area contributed by atoms with Crippen molar-refractivity contribution >= 4 is 5.91 Å². The molecule has 0 unspecified atom stereocenters. The number of hydrogen-bond acceptors (Lipinski definition) is 6. The van der Waals surface area contributed by atoms with E-state index in [0.717, 1.165) is 0 Å². The molecule has 1 aliphatic rings. The van der Waals surface area contributed by atoms with Gasteiger partial charge < -0.3 is 30.3 Å². The van der Waals surface area contributed by atoms with E-state index in [0.29, 0.717) is 24.3 Å². The van der Waals surface area contributed by atoms with Crippen LogP contribution in [0.4, 0.5) is 4.39 Å². The van der Waals surface area contributed by atoms with E-state index in [4.69, 9.17) is 14.9 Å². The van der Waals surface area contributed by atoms with Crippen LogP contribution in [0.25, 0.3) is 0 Å². The van der Waals surface area contributed by atoms with Crippen molar-refractivity contribution in [2.45, 2.75) is 31.0 Å². The minimum absolute atomic E-state index is 0.0353. The molecule has 1 aromatic rings. The number of ether oxygens (including phenoxy) is 1. The maximum atomic E-state index is 14.0. The molecule has 8 heteroatoms. The Morgan fingerprint density at radius 1 is 1.40 bits per heavy atom. The number of nitrogens with zero attached hydrogens (tertiary/aromatic N) is 1. The smallest absolute Gasteiger partial charge is 0.256 e. The molecule has 4 N–H and O–H groups in total. The maximum Gasteiger partial charge on any atom is 0.256 e. The summed E-state index contributed by atoms with van der Waals surface area (Å²) in [7, 11) is 1.48. The molecule has 1 atom stereocenters. The number of aliphatic hydroxyl groups is 3. The van der Waals surface area contributed by atoms with Crippen LogP contribution in [-0.4, -0.2) is 71.2 Å². The summed E-state index contributed by atoms with van der Waals surface area (Å²) in [6.07, 6.45) is 0.831. The molecule has 2 rings (SSSR count). The average molecular weight is 356 g/mol. The van der Waals surface area contributed by atoms with Gasteiger partial charge in [-0.2, -0.15) is 0 Å². The first-order valence-electron chi connectivity index (χ1n) is 8.23. The maximum absolute atomic E-state index is 14.0. The Hall–Kier alpha value is -1.74. The monoisotopic (exact) mass is 356 g/mol. The molecule has 0 spiro atoms.